The smallest absolute Gasteiger partial charge is 0.438 e. The normalized spacial score (nSPS) is 14.8. The maximum absolute atomic E-state index is 13.2. The molecule has 1 aliphatic carbocycles. The molecular formula is C18H20N2O8S. The van der Waals surface area contributed by atoms with Crippen molar-refractivity contribution in [1.29, 1.82) is 0 Å². The molecule has 1 aromatic carbocycles. The molecule has 10 nitrogen and oxygen atoms in total. The highest BCUT2D eigenvalue weighted by atomic mass is 32.2. The Morgan fingerprint density at radius 2 is 1.93 bits per heavy atom. The van der Waals surface area contributed by atoms with Gasteiger partial charge in [-0.2, -0.15) is 4.31 Å². The van der Waals surface area contributed by atoms with E-state index < -0.39 is 37.7 Å². The number of sulfonamides is 1. The summed E-state index contributed by atoms with van der Waals surface area (Å²) in [5.74, 6) is 5.16. The first-order valence-electron chi connectivity index (χ1n) is 8.70. The second-order valence-electron chi connectivity index (χ2n) is 6.14. The van der Waals surface area contributed by atoms with Crippen molar-refractivity contribution in [1.82, 2.24) is 4.31 Å². The maximum Gasteiger partial charge on any atom is 0.508 e. The van der Waals surface area contributed by atoms with Gasteiger partial charge in [0.25, 0.3) is 15.7 Å². The summed E-state index contributed by atoms with van der Waals surface area (Å²) in [6, 6.07) is 4.55. The zero-order valence-electron chi connectivity index (χ0n) is 15.7. The molecule has 29 heavy (non-hydrogen) atoms. The largest absolute Gasteiger partial charge is 0.508 e. The van der Waals surface area contributed by atoms with E-state index in [4.69, 9.17) is 0 Å². The lowest BCUT2D eigenvalue weighted by Crippen LogP contribution is -2.42. The standard InChI is InChI=1S/C18H20N2O8S/c1-27-18(22)28-13-5-4-12-19(14-8-10-15(21)11-9-14)29(25,26)17-7-3-2-6-16(17)20(23)24/h2-3,6-7,14H,8-13H2,1H3. The van der Waals surface area contributed by atoms with Gasteiger partial charge >= 0.3 is 6.16 Å². The summed E-state index contributed by atoms with van der Waals surface area (Å²) >= 11 is 0. The second-order valence-corrected chi connectivity index (χ2v) is 8.00. The van der Waals surface area contributed by atoms with Gasteiger partial charge in [0, 0.05) is 24.9 Å². The molecule has 0 bridgehead atoms. The van der Waals surface area contributed by atoms with E-state index in [9.17, 15) is 28.1 Å². The fraction of sp³-hybridized carbons (Fsp3) is 0.444. The van der Waals surface area contributed by atoms with E-state index in [1.165, 1.54) is 18.2 Å². The van der Waals surface area contributed by atoms with Crippen LogP contribution in [0.15, 0.2) is 29.2 Å². The SMILES string of the molecule is COC(=O)OCC#CCN(C1CCC(=O)CC1)S(=O)(=O)c1ccccc1[N+](=O)[O-]. The van der Waals surface area contributed by atoms with Gasteiger partial charge in [0.05, 0.1) is 18.6 Å². The predicted octanol–water partition coefficient (Wildman–Crippen LogP) is 1.88. The Morgan fingerprint density at radius 3 is 2.55 bits per heavy atom. The fourth-order valence-corrected chi connectivity index (χ4v) is 4.66. The topological polar surface area (TPSA) is 133 Å². The zero-order chi connectivity index (χ0) is 21.4. The van der Waals surface area contributed by atoms with Gasteiger partial charge in [-0.05, 0) is 18.9 Å². The van der Waals surface area contributed by atoms with Gasteiger partial charge in [-0.3, -0.25) is 14.9 Å². The lowest BCUT2D eigenvalue weighted by molar-refractivity contribution is -0.387. The lowest BCUT2D eigenvalue weighted by atomic mass is 9.94. The molecule has 1 fully saturated rings. The summed E-state index contributed by atoms with van der Waals surface area (Å²) in [4.78, 5) is 32.6. The Hall–Kier alpha value is -2.97. The van der Waals surface area contributed by atoms with E-state index in [2.05, 4.69) is 21.3 Å². The molecule has 0 amide bonds. The van der Waals surface area contributed by atoms with Crippen molar-refractivity contribution < 1.29 is 32.4 Å². The van der Waals surface area contributed by atoms with Crippen molar-refractivity contribution in [2.75, 3.05) is 20.3 Å². The Bertz CT molecular complexity index is 938. The van der Waals surface area contributed by atoms with E-state index in [-0.39, 0.29) is 31.8 Å². The van der Waals surface area contributed by atoms with Crippen LogP contribution in [0.4, 0.5) is 10.5 Å². The number of rotatable bonds is 6. The molecule has 0 unspecified atom stereocenters. The third kappa shape index (κ3) is 5.75. The molecule has 0 heterocycles. The number of hydrogen-bond donors (Lipinski definition) is 0. The van der Waals surface area contributed by atoms with Crippen LogP contribution in [0.1, 0.15) is 25.7 Å². The number of nitro groups is 1. The number of Topliss-reactive ketones (excluding diaryl/α,β-unsaturated/α-hetero) is 1. The molecule has 1 aliphatic rings. The first-order chi connectivity index (χ1) is 13.8. The molecule has 156 valence electrons. The predicted molar refractivity (Wildman–Crippen MR) is 100 cm³/mol. The summed E-state index contributed by atoms with van der Waals surface area (Å²) in [6.45, 7) is -0.563. The number of para-hydroxylation sites is 1. The van der Waals surface area contributed by atoms with Crippen LogP contribution in [0.2, 0.25) is 0 Å². The monoisotopic (exact) mass is 424 g/mol. The quantitative estimate of drug-likeness (QED) is 0.292. The molecule has 2 rings (SSSR count). The Labute approximate surface area is 168 Å². The summed E-state index contributed by atoms with van der Waals surface area (Å²) in [6.07, 6.45) is 0.145. The molecular weight excluding hydrogens is 404 g/mol. The number of ketones is 1. The minimum atomic E-state index is -4.26. The van der Waals surface area contributed by atoms with Crippen molar-refractivity contribution in [2.24, 2.45) is 0 Å². The van der Waals surface area contributed by atoms with Crippen LogP contribution in [0.5, 0.6) is 0 Å². The Balaban J connectivity index is 2.31. The molecule has 1 aromatic rings. The van der Waals surface area contributed by atoms with Crippen LogP contribution < -0.4 is 0 Å². The second kappa shape index (κ2) is 9.99. The number of nitro benzene ring substituents is 1. The van der Waals surface area contributed by atoms with E-state index in [0.29, 0.717) is 12.8 Å². The van der Waals surface area contributed by atoms with Gasteiger partial charge in [-0.25, -0.2) is 13.2 Å². The summed E-state index contributed by atoms with van der Waals surface area (Å²) < 4.78 is 36.4. The minimum Gasteiger partial charge on any atom is -0.438 e. The van der Waals surface area contributed by atoms with Crippen LogP contribution in [-0.2, 0) is 24.3 Å². The number of carbonyl (C=O) groups excluding carboxylic acids is 2. The average Bonchev–Trinajstić information content (AvgIpc) is 2.71. The highest BCUT2D eigenvalue weighted by Gasteiger charge is 2.36. The molecule has 0 aromatic heterocycles. The average molecular weight is 424 g/mol. The van der Waals surface area contributed by atoms with Crippen LogP contribution in [0.3, 0.4) is 0 Å². The molecule has 0 spiro atoms. The van der Waals surface area contributed by atoms with Crippen molar-refractivity contribution >= 4 is 27.6 Å². The summed E-state index contributed by atoms with van der Waals surface area (Å²) in [5, 5.41) is 11.3. The number of hydrogen-bond acceptors (Lipinski definition) is 8. The van der Waals surface area contributed by atoms with Crippen molar-refractivity contribution in [3.63, 3.8) is 0 Å². The molecule has 0 aliphatic heterocycles. The number of nitrogens with zero attached hydrogens (tertiary/aromatic N) is 2. The third-order valence-corrected chi connectivity index (χ3v) is 6.30. The number of methoxy groups -OCH3 is 1. The van der Waals surface area contributed by atoms with Crippen molar-refractivity contribution in [3.05, 3.63) is 34.4 Å². The maximum atomic E-state index is 13.2. The highest BCUT2D eigenvalue weighted by molar-refractivity contribution is 7.89. The van der Waals surface area contributed by atoms with Gasteiger partial charge in [0.2, 0.25) is 0 Å². The van der Waals surface area contributed by atoms with E-state index in [1.54, 1.807) is 0 Å². The Kier molecular flexibility index (Phi) is 7.69. The van der Waals surface area contributed by atoms with E-state index >= 15 is 0 Å². The molecule has 1 saturated carbocycles. The van der Waals surface area contributed by atoms with Gasteiger partial charge in [-0.15, -0.1) is 0 Å². The highest BCUT2D eigenvalue weighted by Crippen LogP contribution is 2.30. The minimum absolute atomic E-state index is 0.0434. The molecule has 0 radical (unpaired) electrons. The van der Waals surface area contributed by atoms with Crippen LogP contribution >= 0.6 is 0 Å². The molecule has 0 N–H and O–H groups in total. The van der Waals surface area contributed by atoms with Crippen LogP contribution in [-0.4, -0.2) is 55.9 Å². The zero-order valence-corrected chi connectivity index (χ0v) is 16.5. The number of benzene rings is 1. The van der Waals surface area contributed by atoms with Gasteiger partial charge in [-0.1, -0.05) is 24.0 Å². The number of ether oxygens (including phenoxy) is 2. The molecule has 0 saturated heterocycles. The summed E-state index contributed by atoms with van der Waals surface area (Å²) in [5.41, 5.74) is -0.536. The molecule has 0 atom stereocenters. The third-order valence-electron chi connectivity index (χ3n) is 4.36. The van der Waals surface area contributed by atoms with Gasteiger partial charge < -0.3 is 9.47 Å². The van der Waals surface area contributed by atoms with E-state index in [1.807, 2.05) is 0 Å². The van der Waals surface area contributed by atoms with Crippen LogP contribution in [0.25, 0.3) is 0 Å². The van der Waals surface area contributed by atoms with Gasteiger partial charge in [0.1, 0.15) is 5.78 Å². The van der Waals surface area contributed by atoms with Gasteiger partial charge in [0.15, 0.2) is 11.5 Å². The first-order valence-corrected chi connectivity index (χ1v) is 10.1. The number of carbonyl (C=O) groups is 2. The first kappa shape index (κ1) is 22.3. The van der Waals surface area contributed by atoms with Crippen LogP contribution in [0, 0.1) is 22.0 Å². The Morgan fingerprint density at radius 1 is 1.28 bits per heavy atom. The van der Waals surface area contributed by atoms with Crippen molar-refractivity contribution in [2.45, 2.75) is 36.6 Å². The summed E-state index contributed by atoms with van der Waals surface area (Å²) in [7, 11) is -3.12. The van der Waals surface area contributed by atoms with Crippen molar-refractivity contribution in [3.8, 4) is 11.8 Å². The van der Waals surface area contributed by atoms with E-state index in [0.717, 1.165) is 17.5 Å². The lowest BCUT2D eigenvalue weighted by Gasteiger charge is -2.31. The molecule has 11 heteroatoms. The fourth-order valence-electron chi connectivity index (χ4n) is 2.91.